The first-order valence-corrected chi connectivity index (χ1v) is 9.97. The number of nitrogens with one attached hydrogen (secondary N) is 1. The molecule has 0 fully saturated rings. The van der Waals surface area contributed by atoms with Crippen LogP contribution in [-0.2, 0) is 14.8 Å². The predicted molar refractivity (Wildman–Crippen MR) is 105 cm³/mol. The summed E-state index contributed by atoms with van der Waals surface area (Å²) in [5.74, 6) is -0.186. The van der Waals surface area contributed by atoms with Crippen LogP contribution < -0.4 is 15.4 Å². The molecule has 0 saturated heterocycles. The van der Waals surface area contributed by atoms with E-state index in [1.165, 1.54) is 17.7 Å². The standard InChI is InChI=1S/C19H25N3O3S/c1-14(2)22(17-9-7-15(3)8-10-17)12-11-19(23)21-16-5-4-6-18(13-16)26(20,24)25/h4-10,13-14H,11-12H2,1-3H3,(H,21,23)(H2,20,24,25). The Bertz CT molecular complexity index is 862. The van der Waals surface area contributed by atoms with Crippen LogP contribution in [0.25, 0.3) is 0 Å². The quantitative estimate of drug-likeness (QED) is 0.778. The van der Waals surface area contributed by atoms with Crippen LogP contribution >= 0.6 is 0 Å². The molecule has 0 heterocycles. The Kier molecular flexibility index (Phi) is 6.39. The van der Waals surface area contributed by atoms with Crippen molar-refractivity contribution in [3.8, 4) is 0 Å². The van der Waals surface area contributed by atoms with E-state index in [4.69, 9.17) is 5.14 Å². The molecule has 0 aliphatic heterocycles. The van der Waals surface area contributed by atoms with E-state index in [0.717, 1.165) is 5.69 Å². The number of aryl methyl sites for hydroxylation is 1. The number of hydrogen-bond donors (Lipinski definition) is 2. The molecule has 2 aromatic rings. The maximum atomic E-state index is 12.3. The van der Waals surface area contributed by atoms with Crippen molar-refractivity contribution in [3.05, 3.63) is 54.1 Å². The van der Waals surface area contributed by atoms with E-state index in [-0.39, 0.29) is 23.3 Å². The summed E-state index contributed by atoms with van der Waals surface area (Å²) in [6, 6.07) is 14.3. The van der Waals surface area contributed by atoms with Crippen LogP contribution in [-0.4, -0.2) is 26.9 Å². The van der Waals surface area contributed by atoms with Crippen LogP contribution in [0, 0.1) is 6.92 Å². The van der Waals surface area contributed by atoms with Crippen molar-refractivity contribution in [1.29, 1.82) is 0 Å². The fourth-order valence-electron chi connectivity index (χ4n) is 2.62. The van der Waals surface area contributed by atoms with Crippen LogP contribution in [0.3, 0.4) is 0 Å². The van der Waals surface area contributed by atoms with Crippen molar-refractivity contribution < 1.29 is 13.2 Å². The Hall–Kier alpha value is -2.38. The highest BCUT2D eigenvalue weighted by Crippen LogP contribution is 2.19. The number of nitrogens with two attached hydrogens (primary N) is 1. The highest BCUT2D eigenvalue weighted by Gasteiger charge is 2.14. The normalized spacial score (nSPS) is 11.4. The van der Waals surface area contributed by atoms with Crippen molar-refractivity contribution >= 4 is 27.3 Å². The van der Waals surface area contributed by atoms with Gasteiger partial charge in [-0.2, -0.15) is 0 Å². The largest absolute Gasteiger partial charge is 0.369 e. The number of anilines is 2. The molecule has 1 amide bonds. The van der Waals surface area contributed by atoms with Gasteiger partial charge in [0.05, 0.1) is 4.90 Å². The Morgan fingerprint density at radius 1 is 1.15 bits per heavy atom. The molecule has 140 valence electrons. The molecule has 2 aromatic carbocycles. The first-order chi connectivity index (χ1) is 12.2. The molecule has 26 heavy (non-hydrogen) atoms. The molecule has 3 N–H and O–H groups in total. The highest BCUT2D eigenvalue weighted by atomic mass is 32.2. The van der Waals surface area contributed by atoms with Crippen molar-refractivity contribution in [2.24, 2.45) is 5.14 Å². The minimum Gasteiger partial charge on any atom is -0.369 e. The summed E-state index contributed by atoms with van der Waals surface area (Å²) < 4.78 is 22.8. The van der Waals surface area contributed by atoms with Gasteiger partial charge in [0.25, 0.3) is 0 Å². The number of rotatable bonds is 7. The molecule has 0 radical (unpaired) electrons. The molecule has 0 bridgehead atoms. The van der Waals surface area contributed by atoms with E-state index >= 15 is 0 Å². The summed E-state index contributed by atoms with van der Waals surface area (Å²) >= 11 is 0. The first-order valence-electron chi connectivity index (χ1n) is 8.43. The van der Waals surface area contributed by atoms with Gasteiger partial charge in [-0.1, -0.05) is 23.8 Å². The molecular weight excluding hydrogens is 350 g/mol. The van der Waals surface area contributed by atoms with Gasteiger partial charge >= 0.3 is 0 Å². The van der Waals surface area contributed by atoms with Crippen LogP contribution in [0.2, 0.25) is 0 Å². The topological polar surface area (TPSA) is 92.5 Å². The smallest absolute Gasteiger partial charge is 0.238 e. The summed E-state index contributed by atoms with van der Waals surface area (Å²) in [6.07, 6.45) is 0.283. The van der Waals surface area contributed by atoms with Gasteiger partial charge in [0.2, 0.25) is 15.9 Å². The number of carbonyl (C=O) groups excluding carboxylic acids is 1. The Balaban J connectivity index is 2.02. The lowest BCUT2D eigenvalue weighted by Gasteiger charge is -2.29. The van der Waals surface area contributed by atoms with Gasteiger partial charge in [-0.05, 0) is 51.1 Å². The molecule has 0 aliphatic carbocycles. The summed E-state index contributed by atoms with van der Waals surface area (Å²) in [4.78, 5) is 14.4. The summed E-state index contributed by atoms with van der Waals surface area (Å²) in [7, 11) is -3.80. The van der Waals surface area contributed by atoms with E-state index in [2.05, 4.69) is 24.1 Å². The van der Waals surface area contributed by atoms with Crippen LogP contribution in [0.4, 0.5) is 11.4 Å². The van der Waals surface area contributed by atoms with Gasteiger partial charge < -0.3 is 10.2 Å². The highest BCUT2D eigenvalue weighted by molar-refractivity contribution is 7.89. The van der Waals surface area contributed by atoms with Crippen molar-refractivity contribution in [2.45, 2.75) is 38.1 Å². The maximum absolute atomic E-state index is 12.3. The van der Waals surface area contributed by atoms with E-state index < -0.39 is 10.0 Å². The number of sulfonamides is 1. The van der Waals surface area contributed by atoms with E-state index in [1.807, 2.05) is 31.2 Å². The molecule has 7 heteroatoms. The molecule has 2 rings (SSSR count). The molecule has 0 aromatic heterocycles. The molecular formula is C19H25N3O3S. The summed E-state index contributed by atoms with van der Waals surface area (Å²) in [6.45, 7) is 6.74. The zero-order chi connectivity index (χ0) is 19.3. The van der Waals surface area contributed by atoms with Gasteiger partial charge in [-0.15, -0.1) is 0 Å². The number of benzene rings is 2. The van der Waals surface area contributed by atoms with Crippen LogP contribution in [0.5, 0.6) is 0 Å². The molecule has 0 atom stereocenters. The van der Waals surface area contributed by atoms with Gasteiger partial charge in [-0.3, -0.25) is 4.79 Å². The van der Waals surface area contributed by atoms with Crippen LogP contribution in [0.1, 0.15) is 25.8 Å². The molecule has 0 aliphatic rings. The van der Waals surface area contributed by atoms with E-state index in [0.29, 0.717) is 12.2 Å². The van der Waals surface area contributed by atoms with Gasteiger partial charge in [0.1, 0.15) is 0 Å². The maximum Gasteiger partial charge on any atom is 0.238 e. The number of carbonyl (C=O) groups is 1. The SMILES string of the molecule is Cc1ccc(N(CCC(=O)Nc2cccc(S(N)(=O)=O)c2)C(C)C)cc1. The second-order valence-electron chi connectivity index (χ2n) is 6.49. The molecule has 0 unspecified atom stereocenters. The zero-order valence-electron chi connectivity index (χ0n) is 15.3. The van der Waals surface area contributed by atoms with Crippen LogP contribution in [0.15, 0.2) is 53.4 Å². The van der Waals surface area contributed by atoms with Crippen molar-refractivity contribution in [2.75, 3.05) is 16.8 Å². The Labute approximate surface area is 155 Å². The number of nitrogens with zero attached hydrogens (tertiary/aromatic N) is 1. The van der Waals surface area contributed by atoms with Gasteiger partial charge in [0, 0.05) is 30.4 Å². The fraction of sp³-hybridized carbons (Fsp3) is 0.316. The third-order valence-corrected chi connectivity index (χ3v) is 4.93. The first kappa shape index (κ1) is 19.9. The monoisotopic (exact) mass is 375 g/mol. The third-order valence-electron chi connectivity index (χ3n) is 4.02. The second-order valence-corrected chi connectivity index (χ2v) is 8.06. The Morgan fingerprint density at radius 2 is 1.81 bits per heavy atom. The summed E-state index contributed by atoms with van der Waals surface area (Å²) in [5, 5.41) is 7.84. The lowest BCUT2D eigenvalue weighted by molar-refractivity contribution is -0.116. The zero-order valence-corrected chi connectivity index (χ0v) is 16.1. The predicted octanol–water partition coefficient (Wildman–Crippen LogP) is 2.89. The molecule has 0 saturated carbocycles. The second kappa shape index (κ2) is 8.33. The van der Waals surface area contributed by atoms with E-state index in [9.17, 15) is 13.2 Å². The van der Waals surface area contributed by atoms with Gasteiger partial charge in [0.15, 0.2) is 0 Å². The average molecular weight is 375 g/mol. The average Bonchev–Trinajstić information content (AvgIpc) is 2.56. The molecule has 6 nitrogen and oxygen atoms in total. The minimum absolute atomic E-state index is 0.0289. The van der Waals surface area contributed by atoms with E-state index in [1.54, 1.807) is 12.1 Å². The lowest BCUT2D eigenvalue weighted by Crippen LogP contribution is -2.33. The third kappa shape index (κ3) is 5.57. The number of hydrogen-bond acceptors (Lipinski definition) is 4. The lowest BCUT2D eigenvalue weighted by atomic mass is 10.1. The number of primary sulfonamides is 1. The summed E-state index contributed by atoms with van der Waals surface area (Å²) in [5.41, 5.74) is 2.66. The minimum atomic E-state index is -3.80. The van der Waals surface area contributed by atoms with Crippen molar-refractivity contribution in [1.82, 2.24) is 0 Å². The number of amides is 1. The van der Waals surface area contributed by atoms with Crippen molar-refractivity contribution in [3.63, 3.8) is 0 Å². The van der Waals surface area contributed by atoms with Gasteiger partial charge in [-0.25, -0.2) is 13.6 Å². The fourth-order valence-corrected chi connectivity index (χ4v) is 3.18. The molecule has 0 spiro atoms. The Morgan fingerprint density at radius 3 is 2.38 bits per heavy atom.